The lowest BCUT2D eigenvalue weighted by Gasteiger charge is -2.19. The van der Waals surface area contributed by atoms with Crippen molar-refractivity contribution in [3.8, 4) is 11.4 Å². The number of nitrogens with one attached hydrogen (secondary N) is 1. The van der Waals surface area contributed by atoms with Crippen molar-refractivity contribution in [3.63, 3.8) is 0 Å². The lowest BCUT2D eigenvalue weighted by atomic mass is 9.87. The van der Waals surface area contributed by atoms with E-state index in [4.69, 9.17) is 0 Å². The third kappa shape index (κ3) is 5.75. The van der Waals surface area contributed by atoms with Crippen molar-refractivity contribution in [2.75, 3.05) is 6.54 Å². The summed E-state index contributed by atoms with van der Waals surface area (Å²) in [6.07, 6.45) is 8.23. The van der Waals surface area contributed by atoms with Gasteiger partial charge in [-0.1, -0.05) is 68.4 Å². The van der Waals surface area contributed by atoms with Gasteiger partial charge < -0.3 is 9.88 Å². The van der Waals surface area contributed by atoms with Gasteiger partial charge in [0.25, 0.3) is 0 Å². The Morgan fingerprint density at radius 3 is 2.57 bits per heavy atom. The van der Waals surface area contributed by atoms with Crippen LogP contribution >= 0.6 is 11.8 Å². The second kappa shape index (κ2) is 9.82. The van der Waals surface area contributed by atoms with E-state index in [-0.39, 0.29) is 16.6 Å². The molecule has 0 aliphatic heterocycles. The Bertz CT molecular complexity index is 893. The predicted octanol–water partition coefficient (Wildman–Crippen LogP) is 5.27. The molecule has 1 aliphatic carbocycles. The minimum atomic E-state index is -0.218. The second-order valence-corrected chi connectivity index (χ2v) is 10.4. The van der Waals surface area contributed by atoms with Crippen molar-refractivity contribution >= 4 is 17.7 Å². The number of benzene rings is 1. The number of thioether (sulfide) groups is 1. The molecule has 1 atom stereocenters. The molecule has 0 fully saturated rings. The molecule has 1 amide bonds. The van der Waals surface area contributed by atoms with Gasteiger partial charge in [0.2, 0.25) is 5.91 Å². The minimum absolute atomic E-state index is 0.0514. The van der Waals surface area contributed by atoms with Crippen LogP contribution in [0.4, 0.5) is 0 Å². The van der Waals surface area contributed by atoms with Crippen LogP contribution in [0.2, 0.25) is 0 Å². The number of carbonyl (C=O) groups excluding carboxylic acids is 1. The van der Waals surface area contributed by atoms with E-state index in [1.165, 1.54) is 48.6 Å². The number of aromatic nitrogens is 3. The predicted molar refractivity (Wildman–Crippen MR) is 125 cm³/mol. The topological polar surface area (TPSA) is 59.8 Å². The number of allylic oxidation sites excluding steroid dienone is 1. The van der Waals surface area contributed by atoms with Crippen LogP contribution in [0.15, 0.2) is 41.1 Å². The van der Waals surface area contributed by atoms with Crippen LogP contribution < -0.4 is 5.32 Å². The fraction of sp³-hybridized carbons (Fsp3) is 0.542. The Labute approximate surface area is 184 Å². The van der Waals surface area contributed by atoms with E-state index < -0.39 is 0 Å². The van der Waals surface area contributed by atoms with Gasteiger partial charge in [0, 0.05) is 19.2 Å². The summed E-state index contributed by atoms with van der Waals surface area (Å²) in [5.41, 5.74) is 3.92. The Kier molecular flexibility index (Phi) is 7.40. The molecule has 1 N–H and O–H groups in total. The van der Waals surface area contributed by atoms with Crippen molar-refractivity contribution in [2.24, 2.45) is 7.05 Å². The number of carbonyl (C=O) groups is 1. The molecule has 162 valence electrons. The fourth-order valence-electron chi connectivity index (χ4n) is 3.62. The minimum Gasteiger partial charge on any atom is -0.355 e. The van der Waals surface area contributed by atoms with E-state index in [1.54, 1.807) is 0 Å². The average molecular weight is 427 g/mol. The fourth-order valence-corrected chi connectivity index (χ4v) is 4.46. The van der Waals surface area contributed by atoms with Gasteiger partial charge in [-0.2, -0.15) is 0 Å². The maximum Gasteiger partial charge on any atom is 0.233 e. The number of amides is 1. The first-order chi connectivity index (χ1) is 14.3. The molecule has 30 heavy (non-hydrogen) atoms. The highest BCUT2D eigenvalue weighted by Crippen LogP contribution is 2.28. The van der Waals surface area contributed by atoms with Crippen LogP contribution in [0.25, 0.3) is 11.4 Å². The first-order valence-electron chi connectivity index (χ1n) is 10.9. The van der Waals surface area contributed by atoms with Gasteiger partial charge in [0.15, 0.2) is 11.0 Å². The lowest BCUT2D eigenvalue weighted by molar-refractivity contribution is -0.120. The summed E-state index contributed by atoms with van der Waals surface area (Å²) in [7, 11) is 1.95. The SMILES string of the molecule is C[C@H](Sc1nnc(-c2ccc(C(C)(C)C)cc2)n1C)C(=O)NCCC1=CCCCC1. The third-order valence-electron chi connectivity index (χ3n) is 5.63. The van der Waals surface area contributed by atoms with Crippen LogP contribution in [0, 0.1) is 0 Å². The van der Waals surface area contributed by atoms with Crippen LogP contribution in [0.3, 0.4) is 0 Å². The number of hydrogen-bond donors (Lipinski definition) is 1. The third-order valence-corrected chi connectivity index (χ3v) is 6.76. The van der Waals surface area contributed by atoms with Gasteiger partial charge in [0.1, 0.15) is 0 Å². The van der Waals surface area contributed by atoms with E-state index >= 15 is 0 Å². The summed E-state index contributed by atoms with van der Waals surface area (Å²) in [5.74, 6) is 0.866. The first-order valence-corrected chi connectivity index (χ1v) is 11.8. The molecule has 0 bridgehead atoms. The highest BCUT2D eigenvalue weighted by Gasteiger charge is 2.20. The largest absolute Gasteiger partial charge is 0.355 e. The molecule has 0 saturated heterocycles. The van der Waals surface area contributed by atoms with Gasteiger partial charge in [-0.3, -0.25) is 4.79 Å². The van der Waals surface area contributed by atoms with Crippen LogP contribution in [-0.2, 0) is 17.3 Å². The summed E-state index contributed by atoms with van der Waals surface area (Å²) < 4.78 is 1.97. The zero-order valence-corrected chi connectivity index (χ0v) is 19.7. The molecule has 2 aromatic rings. The monoisotopic (exact) mass is 426 g/mol. The maximum atomic E-state index is 12.5. The lowest BCUT2D eigenvalue weighted by Crippen LogP contribution is -2.32. The smallest absolute Gasteiger partial charge is 0.233 e. The van der Waals surface area contributed by atoms with Crippen LogP contribution in [-0.4, -0.2) is 32.5 Å². The van der Waals surface area contributed by atoms with Crippen molar-refractivity contribution in [2.45, 2.75) is 75.6 Å². The zero-order valence-electron chi connectivity index (χ0n) is 18.9. The molecule has 0 unspecified atom stereocenters. The molecule has 0 spiro atoms. The van der Waals surface area contributed by atoms with Crippen LogP contribution in [0.5, 0.6) is 0 Å². The first kappa shape index (κ1) is 22.6. The van der Waals surface area contributed by atoms with Gasteiger partial charge in [-0.25, -0.2) is 0 Å². The molecule has 5 nitrogen and oxygen atoms in total. The summed E-state index contributed by atoms with van der Waals surface area (Å²) in [6, 6.07) is 8.48. The molecule has 6 heteroatoms. The quantitative estimate of drug-likeness (QED) is 0.484. The summed E-state index contributed by atoms with van der Waals surface area (Å²) in [5, 5.41) is 12.3. The van der Waals surface area contributed by atoms with Gasteiger partial charge in [0.05, 0.1) is 5.25 Å². The molecular formula is C24H34N4OS. The average Bonchev–Trinajstić information content (AvgIpc) is 3.08. The zero-order chi connectivity index (χ0) is 21.7. The van der Waals surface area contributed by atoms with Gasteiger partial charge in [-0.05, 0) is 50.0 Å². The van der Waals surface area contributed by atoms with Crippen molar-refractivity contribution in [1.29, 1.82) is 0 Å². The Morgan fingerprint density at radius 2 is 1.93 bits per heavy atom. The number of rotatable bonds is 7. The standard InChI is InChI=1S/C24H34N4OS/c1-17(22(29)25-16-15-18-9-7-6-8-10-18)30-23-27-26-21(28(23)5)19-11-13-20(14-12-19)24(2,3)4/h9,11-14,17H,6-8,10,15-16H2,1-5H3,(H,25,29)/t17-/m0/s1. The molecular weight excluding hydrogens is 392 g/mol. The summed E-state index contributed by atoms with van der Waals surface area (Å²) in [4.78, 5) is 12.5. The molecule has 3 rings (SSSR count). The Balaban J connectivity index is 1.57. The molecule has 1 aromatic carbocycles. The number of nitrogens with zero attached hydrogens (tertiary/aromatic N) is 3. The highest BCUT2D eigenvalue weighted by atomic mass is 32.2. The normalized spacial score (nSPS) is 15.6. The van der Waals surface area contributed by atoms with Gasteiger partial charge >= 0.3 is 0 Å². The van der Waals surface area contributed by atoms with E-state index in [1.807, 2.05) is 18.5 Å². The van der Waals surface area contributed by atoms with Crippen molar-refractivity contribution in [1.82, 2.24) is 20.1 Å². The summed E-state index contributed by atoms with van der Waals surface area (Å²) >= 11 is 1.45. The summed E-state index contributed by atoms with van der Waals surface area (Å²) in [6.45, 7) is 9.25. The van der Waals surface area contributed by atoms with E-state index in [9.17, 15) is 4.79 Å². The van der Waals surface area contributed by atoms with E-state index in [0.717, 1.165) is 23.0 Å². The number of hydrogen-bond acceptors (Lipinski definition) is 4. The van der Waals surface area contributed by atoms with Crippen molar-refractivity contribution < 1.29 is 4.79 Å². The van der Waals surface area contributed by atoms with E-state index in [2.05, 4.69) is 66.6 Å². The molecule has 1 aliphatic rings. The Hall–Kier alpha value is -2.08. The van der Waals surface area contributed by atoms with E-state index in [0.29, 0.717) is 6.54 Å². The second-order valence-electron chi connectivity index (χ2n) is 9.10. The molecule has 1 aromatic heterocycles. The molecule has 0 radical (unpaired) electrons. The van der Waals surface area contributed by atoms with Crippen LogP contribution in [0.1, 0.15) is 65.4 Å². The van der Waals surface area contributed by atoms with Crippen molar-refractivity contribution in [3.05, 3.63) is 41.5 Å². The molecule has 1 heterocycles. The molecule has 0 saturated carbocycles. The van der Waals surface area contributed by atoms with Gasteiger partial charge in [-0.15, -0.1) is 10.2 Å². The highest BCUT2D eigenvalue weighted by molar-refractivity contribution is 8.00. The Morgan fingerprint density at radius 1 is 1.20 bits per heavy atom. The maximum absolute atomic E-state index is 12.5.